The number of likely N-dealkylation sites (tertiary alicyclic amines) is 1. The summed E-state index contributed by atoms with van der Waals surface area (Å²) in [6.45, 7) is 3.15. The van der Waals surface area contributed by atoms with E-state index in [1.54, 1.807) is 4.90 Å². The van der Waals surface area contributed by atoms with E-state index in [0.717, 1.165) is 6.42 Å². The van der Waals surface area contributed by atoms with Gasteiger partial charge in [-0.1, -0.05) is 6.92 Å². The molecule has 16 heavy (non-hydrogen) atoms. The second-order valence-corrected chi connectivity index (χ2v) is 4.17. The maximum Gasteiger partial charge on any atom is 0.328 e. The molecule has 2 unspecified atom stereocenters. The van der Waals surface area contributed by atoms with Gasteiger partial charge in [-0.05, 0) is 19.9 Å². The number of esters is 1. The van der Waals surface area contributed by atoms with Crippen molar-refractivity contribution in [3.63, 3.8) is 0 Å². The standard InChI is InChI=1S/C11H20N2O3/c1-8(7-12-2)10(14)13-6-4-5-9(13)11(15)16-3/h8-9,12H,4-7H2,1-3H3. The fourth-order valence-corrected chi connectivity index (χ4v) is 2.09. The SMILES string of the molecule is CNCC(C)C(=O)N1CCCC1C(=O)OC. The van der Waals surface area contributed by atoms with Crippen LogP contribution in [0.4, 0.5) is 0 Å². The van der Waals surface area contributed by atoms with Crippen LogP contribution in [0.2, 0.25) is 0 Å². The van der Waals surface area contributed by atoms with Crippen LogP contribution in [-0.4, -0.2) is 50.1 Å². The van der Waals surface area contributed by atoms with Crippen molar-refractivity contribution in [2.75, 3.05) is 27.2 Å². The van der Waals surface area contributed by atoms with Crippen molar-refractivity contribution in [2.45, 2.75) is 25.8 Å². The lowest BCUT2D eigenvalue weighted by atomic mass is 10.1. The first-order valence-corrected chi connectivity index (χ1v) is 5.64. The number of nitrogens with zero attached hydrogens (tertiary/aromatic N) is 1. The zero-order valence-corrected chi connectivity index (χ0v) is 10.2. The predicted octanol–water partition coefficient (Wildman–Crippen LogP) is 0.00590. The van der Waals surface area contributed by atoms with Gasteiger partial charge in [0.25, 0.3) is 0 Å². The Balaban J connectivity index is 2.64. The Bertz CT molecular complexity index is 268. The van der Waals surface area contributed by atoms with Gasteiger partial charge < -0.3 is 15.0 Å². The number of carbonyl (C=O) groups is 2. The number of ether oxygens (including phenoxy) is 1. The minimum Gasteiger partial charge on any atom is -0.467 e. The van der Waals surface area contributed by atoms with Crippen LogP contribution in [0.3, 0.4) is 0 Å². The first-order chi connectivity index (χ1) is 7.61. The smallest absolute Gasteiger partial charge is 0.328 e. The Labute approximate surface area is 96.1 Å². The van der Waals surface area contributed by atoms with Crippen LogP contribution in [0, 0.1) is 5.92 Å². The molecular formula is C11H20N2O3. The average Bonchev–Trinajstić information content (AvgIpc) is 2.76. The van der Waals surface area contributed by atoms with E-state index < -0.39 is 0 Å². The van der Waals surface area contributed by atoms with Crippen molar-refractivity contribution in [2.24, 2.45) is 5.92 Å². The molecule has 0 spiro atoms. The molecule has 0 bridgehead atoms. The van der Waals surface area contributed by atoms with E-state index in [-0.39, 0.29) is 23.8 Å². The van der Waals surface area contributed by atoms with Gasteiger partial charge in [0.15, 0.2) is 0 Å². The second kappa shape index (κ2) is 5.84. The van der Waals surface area contributed by atoms with Gasteiger partial charge in [0, 0.05) is 19.0 Å². The Morgan fingerprint density at radius 1 is 1.56 bits per heavy atom. The molecule has 0 aromatic heterocycles. The lowest BCUT2D eigenvalue weighted by molar-refractivity contribution is -0.152. The zero-order chi connectivity index (χ0) is 12.1. The van der Waals surface area contributed by atoms with Crippen molar-refractivity contribution >= 4 is 11.9 Å². The summed E-state index contributed by atoms with van der Waals surface area (Å²) in [7, 11) is 3.17. The van der Waals surface area contributed by atoms with E-state index in [9.17, 15) is 9.59 Å². The van der Waals surface area contributed by atoms with E-state index in [1.165, 1.54) is 7.11 Å². The largest absolute Gasteiger partial charge is 0.467 e. The van der Waals surface area contributed by atoms with Crippen molar-refractivity contribution in [3.8, 4) is 0 Å². The summed E-state index contributed by atoms with van der Waals surface area (Å²) in [6.07, 6.45) is 1.59. The van der Waals surface area contributed by atoms with E-state index in [1.807, 2.05) is 14.0 Å². The number of hydrogen-bond acceptors (Lipinski definition) is 4. The van der Waals surface area contributed by atoms with Gasteiger partial charge in [0.05, 0.1) is 7.11 Å². The molecule has 1 heterocycles. The molecule has 1 amide bonds. The summed E-state index contributed by atoms with van der Waals surface area (Å²) in [5.74, 6) is -0.375. The molecule has 1 rings (SSSR count). The van der Waals surface area contributed by atoms with Gasteiger partial charge in [-0.15, -0.1) is 0 Å². The number of rotatable bonds is 4. The summed E-state index contributed by atoms with van der Waals surface area (Å²) in [4.78, 5) is 25.2. The van der Waals surface area contributed by atoms with Crippen LogP contribution in [0.1, 0.15) is 19.8 Å². The Hall–Kier alpha value is -1.10. The normalized spacial score (nSPS) is 21.9. The molecule has 92 valence electrons. The molecule has 0 aromatic rings. The number of amides is 1. The van der Waals surface area contributed by atoms with Gasteiger partial charge in [-0.2, -0.15) is 0 Å². The highest BCUT2D eigenvalue weighted by atomic mass is 16.5. The van der Waals surface area contributed by atoms with Crippen LogP contribution in [0.5, 0.6) is 0 Å². The summed E-state index contributed by atoms with van der Waals surface area (Å²) in [5, 5.41) is 2.97. The van der Waals surface area contributed by atoms with Crippen LogP contribution in [0.15, 0.2) is 0 Å². The molecule has 1 N–H and O–H groups in total. The molecule has 2 atom stereocenters. The van der Waals surface area contributed by atoms with Crippen LogP contribution in [-0.2, 0) is 14.3 Å². The second-order valence-electron chi connectivity index (χ2n) is 4.17. The topological polar surface area (TPSA) is 58.6 Å². The molecule has 1 aliphatic heterocycles. The molecule has 5 nitrogen and oxygen atoms in total. The molecule has 0 aromatic carbocycles. The summed E-state index contributed by atoms with van der Waals surface area (Å²) in [5.41, 5.74) is 0. The van der Waals surface area contributed by atoms with Crippen molar-refractivity contribution in [3.05, 3.63) is 0 Å². The Kier molecular flexibility index (Phi) is 4.73. The summed E-state index contributed by atoms with van der Waals surface area (Å²) >= 11 is 0. The summed E-state index contributed by atoms with van der Waals surface area (Å²) in [6, 6.07) is -0.378. The van der Waals surface area contributed by atoms with E-state index in [4.69, 9.17) is 4.74 Å². The minimum absolute atomic E-state index is 0.0299. The fourth-order valence-electron chi connectivity index (χ4n) is 2.09. The van der Waals surface area contributed by atoms with Crippen LogP contribution < -0.4 is 5.32 Å². The van der Waals surface area contributed by atoms with Gasteiger partial charge in [0.2, 0.25) is 5.91 Å². The zero-order valence-electron chi connectivity index (χ0n) is 10.2. The fraction of sp³-hybridized carbons (Fsp3) is 0.818. The van der Waals surface area contributed by atoms with E-state index in [0.29, 0.717) is 19.5 Å². The first-order valence-electron chi connectivity index (χ1n) is 5.64. The van der Waals surface area contributed by atoms with Gasteiger partial charge in [-0.25, -0.2) is 4.79 Å². The molecule has 1 fully saturated rings. The van der Waals surface area contributed by atoms with Gasteiger partial charge in [-0.3, -0.25) is 4.79 Å². The lowest BCUT2D eigenvalue weighted by Crippen LogP contribution is -2.45. The number of hydrogen-bond donors (Lipinski definition) is 1. The predicted molar refractivity (Wildman–Crippen MR) is 59.8 cm³/mol. The minimum atomic E-state index is -0.378. The number of nitrogens with one attached hydrogen (secondary N) is 1. The van der Waals surface area contributed by atoms with Crippen LogP contribution in [0.25, 0.3) is 0 Å². The van der Waals surface area contributed by atoms with Crippen molar-refractivity contribution < 1.29 is 14.3 Å². The average molecular weight is 228 g/mol. The van der Waals surface area contributed by atoms with Gasteiger partial charge in [0.1, 0.15) is 6.04 Å². The third-order valence-corrected chi connectivity index (χ3v) is 2.94. The monoisotopic (exact) mass is 228 g/mol. The lowest BCUT2D eigenvalue weighted by Gasteiger charge is -2.25. The Morgan fingerprint density at radius 3 is 2.81 bits per heavy atom. The maximum atomic E-state index is 12.0. The highest BCUT2D eigenvalue weighted by Crippen LogP contribution is 2.20. The molecule has 1 saturated heterocycles. The maximum absolute atomic E-state index is 12.0. The summed E-state index contributed by atoms with van der Waals surface area (Å²) < 4.78 is 4.71. The van der Waals surface area contributed by atoms with Crippen molar-refractivity contribution in [1.82, 2.24) is 10.2 Å². The third-order valence-electron chi connectivity index (χ3n) is 2.94. The molecule has 0 aliphatic carbocycles. The number of carbonyl (C=O) groups excluding carboxylic acids is 2. The highest BCUT2D eigenvalue weighted by Gasteiger charge is 2.36. The molecule has 5 heteroatoms. The quantitative estimate of drug-likeness (QED) is 0.688. The molecule has 0 radical (unpaired) electrons. The van der Waals surface area contributed by atoms with Gasteiger partial charge >= 0.3 is 5.97 Å². The van der Waals surface area contributed by atoms with E-state index >= 15 is 0 Å². The number of methoxy groups -OCH3 is 1. The first kappa shape index (κ1) is 13.0. The van der Waals surface area contributed by atoms with E-state index in [2.05, 4.69) is 5.32 Å². The third kappa shape index (κ3) is 2.72. The van der Waals surface area contributed by atoms with Crippen LogP contribution >= 0.6 is 0 Å². The molecule has 0 saturated carbocycles. The highest BCUT2D eigenvalue weighted by molar-refractivity contribution is 5.86. The molecule has 1 aliphatic rings. The van der Waals surface area contributed by atoms with Crippen molar-refractivity contribution in [1.29, 1.82) is 0 Å². The Morgan fingerprint density at radius 2 is 2.25 bits per heavy atom. The molecular weight excluding hydrogens is 208 g/mol.